The van der Waals surface area contributed by atoms with Crippen LogP contribution in [0.5, 0.6) is 5.75 Å². The summed E-state index contributed by atoms with van der Waals surface area (Å²) in [5.41, 5.74) is 0. The van der Waals surface area contributed by atoms with Crippen molar-refractivity contribution in [1.82, 2.24) is 4.90 Å². The predicted molar refractivity (Wildman–Crippen MR) is 75.0 cm³/mol. The average Bonchev–Trinajstić information content (AvgIpc) is 2.41. The van der Waals surface area contributed by atoms with Gasteiger partial charge >= 0.3 is 0 Å². The Bertz CT molecular complexity index is 290. The Labute approximate surface area is 110 Å². The summed E-state index contributed by atoms with van der Waals surface area (Å²) in [7, 11) is 2.14. The average molecular weight is 251 g/mol. The highest BCUT2D eigenvalue weighted by atomic mass is 16.5. The standard InChI is InChI=1S/C15H25NO2/c1-16(11-6-3-7-13-17)12-8-14-18-15-9-4-2-5-10-15/h2,4-5,9-10,17H,3,6-8,11-14H2,1H3. The molecule has 0 aliphatic heterocycles. The van der Waals surface area contributed by atoms with Crippen LogP contribution in [-0.2, 0) is 0 Å². The van der Waals surface area contributed by atoms with E-state index in [2.05, 4.69) is 11.9 Å². The quantitative estimate of drug-likeness (QED) is 0.649. The molecular formula is C15H25NO2. The maximum Gasteiger partial charge on any atom is 0.119 e. The molecular weight excluding hydrogens is 226 g/mol. The molecule has 0 aromatic heterocycles. The number of nitrogens with zero attached hydrogens (tertiary/aromatic N) is 1. The van der Waals surface area contributed by atoms with E-state index in [1.165, 1.54) is 0 Å². The summed E-state index contributed by atoms with van der Waals surface area (Å²) in [5, 5.41) is 8.68. The fraction of sp³-hybridized carbons (Fsp3) is 0.600. The van der Waals surface area contributed by atoms with Crippen molar-refractivity contribution in [2.24, 2.45) is 0 Å². The highest BCUT2D eigenvalue weighted by Gasteiger charge is 1.98. The summed E-state index contributed by atoms with van der Waals surface area (Å²) in [4.78, 5) is 2.33. The minimum Gasteiger partial charge on any atom is -0.494 e. The number of ether oxygens (including phenoxy) is 1. The minimum absolute atomic E-state index is 0.314. The van der Waals surface area contributed by atoms with E-state index in [0.717, 1.165) is 51.1 Å². The highest BCUT2D eigenvalue weighted by molar-refractivity contribution is 5.20. The number of para-hydroxylation sites is 1. The van der Waals surface area contributed by atoms with E-state index < -0.39 is 0 Å². The Balaban J connectivity index is 1.97. The Morgan fingerprint density at radius 2 is 1.72 bits per heavy atom. The molecule has 1 aromatic carbocycles. The van der Waals surface area contributed by atoms with E-state index in [-0.39, 0.29) is 0 Å². The first-order valence-corrected chi connectivity index (χ1v) is 6.80. The number of aliphatic hydroxyl groups excluding tert-OH is 1. The van der Waals surface area contributed by atoms with E-state index in [0.29, 0.717) is 6.61 Å². The van der Waals surface area contributed by atoms with Crippen LogP contribution in [0.3, 0.4) is 0 Å². The number of benzene rings is 1. The maximum absolute atomic E-state index is 8.68. The molecule has 0 saturated carbocycles. The second-order valence-corrected chi connectivity index (χ2v) is 4.60. The van der Waals surface area contributed by atoms with Gasteiger partial charge in [0.2, 0.25) is 0 Å². The number of unbranched alkanes of at least 4 members (excludes halogenated alkanes) is 2. The zero-order valence-corrected chi connectivity index (χ0v) is 11.3. The number of hydrogen-bond acceptors (Lipinski definition) is 3. The number of hydrogen-bond donors (Lipinski definition) is 1. The Hall–Kier alpha value is -1.06. The molecule has 0 atom stereocenters. The normalized spacial score (nSPS) is 10.8. The molecule has 3 heteroatoms. The number of rotatable bonds is 10. The van der Waals surface area contributed by atoms with Crippen LogP contribution >= 0.6 is 0 Å². The van der Waals surface area contributed by atoms with Crippen LogP contribution in [0, 0.1) is 0 Å². The van der Waals surface area contributed by atoms with E-state index >= 15 is 0 Å². The van der Waals surface area contributed by atoms with Gasteiger partial charge in [0.25, 0.3) is 0 Å². The van der Waals surface area contributed by atoms with Crippen LogP contribution in [0.25, 0.3) is 0 Å². The van der Waals surface area contributed by atoms with Gasteiger partial charge in [-0.1, -0.05) is 18.2 Å². The molecule has 0 spiro atoms. The van der Waals surface area contributed by atoms with Crippen LogP contribution in [0.4, 0.5) is 0 Å². The first-order valence-electron chi connectivity index (χ1n) is 6.80. The van der Waals surface area contributed by atoms with Gasteiger partial charge in [0.05, 0.1) is 6.61 Å². The smallest absolute Gasteiger partial charge is 0.119 e. The molecule has 18 heavy (non-hydrogen) atoms. The van der Waals surface area contributed by atoms with Crippen molar-refractivity contribution in [3.8, 4) is 5.75 Å². The molecule has 1 rings (SSSR count). The van der Waals surface area contributed by atoms with Gasteiger partial charge in [0, 0.05) is 13.2 Å². The molecule has 0 unspecified atom stereocenters. The van der Waals surface area contributed by atoms with Crippen LogP contribution in [-0.4, -0.2) is 43.4 Å². The minimum atomic E-state index is 0.314. The predicted octanol–water partition coefficient (Wildman–Crippen LogP) is 2.55. The van der Waals surface area contributed by atoms with E-state index in [9.17, 15) is 0 Å². The third-order valence-electron chi connectivity index (χ3n) is 2.89. The van der Waals surface area contributed by atoms with Crippen molar-refractivity contribution < 1.29 is 9.84 Å². The summed E-state index contributed by atoms with van der Waals surface area (Å²) < 4.78 is 5.64. The van der Waals surface area contributed by atoms with Crippen molar-refractivity contribution in [2.75, 3.05) is 33.4 Å². The summed E-state index contributed by atoms with van der Waals surface area (Å²) in [6.45, 7) is 3.25. The van der Waals surface area contributed by atoms with Crippen LogP contribution in [0.2, 0.25) is 0 Å². The summed E-state index contributed by atoms with van der Waals surface area (Å²) in [6, 6.07) is 9.94. The topological polar surface area (TPSA) is 32.7 Å². The molecule has 1 aromatic rings. The van der Waals surface area contributed by atoms with Crippen LogP contribution < -0.4 is 4.74 Å². The summed E-state index contributed by atoms with van der Waals surface area (Å²) in [5.74, 6) is 0.947. The molecule has 1 N–H and O–H groups in total. The van der Waals surface area contributed by atoms with Gasteiger partial charge in [-0.15, -0.1) is 0 Å². The maximum atomic E-state index is 8.68. The second kappa shape index (κ2) is 9.92. The number of aliphatic hydroxyl groups is 1. The molecule has 0 heterocycles. The molecule has 0 aliphatic rings. The van der Waals surface area contributed by atoms with Crippen molar-refractivity contribution >= 4 is 0 Å². The van der Waals surface area contributed by atoms with Gasteiger partial charge in [-0.2, -0.15) is 0 Å². The lowest BCUT2D eigenvalue weighted by molar-refractivity contribution is 0.252. The molecule has 0 bridgehead atoms. The molecule has 3 nitrogen and oxygen atoms in total. The van der Waals surface area contributed by atoms with Crippen molar-refractivity contribution in [3.63, 3.8) is 0 Å². The lowest BCUT2D eigenvalue weighted by Gasteiger charge is -2.16. The molecule has 0 amide bonds. The van der Waals surface area contributed by atoms with Gasteiger partial charge in [-0.05, 0) is 51.4 Å². The van der Waals surface area contributed by atoms with E-state index in [1.54, 1.807) is 0 Å². The van der Waals surface area contributed by atoms with E-state index in [4.69, 9.17) is 9.84 Å². The molecule has 0 fully saturated rings. The Morgan fingerprint density at radius 3 is 2.44 bits per heavy atom. The highest BCUT2D eigenvalue weighted by Crippen LogP contribution is 2.08. The summed E-state index contributed by atoms with van der Waals surface area (Å²) >= 11 is 0. The molecule has 0 radical (unpaired) electrons. The third-order valence-corrected chi connectivity index (χ3v) is 2.89. The first-order chi connectivity index (χ1) is 8.83. The monoisotopic (exact) mass is 251 g/mol. The zero-order chi connectivity index (χ0) is 13.1. The van der Waals surface area contributed by atoms with Gasteiger partial charge in [-0.3, -0.25) is 0 Å². The molecule has 0 saturated heterocycles. The third kappa shape index (κ3) is 7.30. The fourth-order valence-electron chi connectivity index (χ4n) is 1.82. The van der Waals surface area contributed by atoms with E-state index in [1.807, 2.05) is 30.3 Å². The SMILES string of the molecule is CN(CCCCCO)CCCOc1ccccc1. The van der Waals surface area contributed by atoms with Gasteiger partial charge < -0.3 is 14.7 Å². The van der Waals surface area contributed by atoms with Crippen molar-refractivity contribution in [1.29, 1.82) is 0 Å². The largest absolute Gasteiger partial charge is 0.494 e. The van der Waals surface area contributed by atoms with Crippen molar-refractivity contribution in [2.45, 2.75) is 25.7 Å². The fourth-order valence-corrected chi connectivity index (χ4v) is 1.82. The second-order valence-electron chi connectivity index (χ2n) is 4.60. The molecule has 0 aliphatic carbocycles. The van der Waals surface area contributed by atoms with Gasteiger partial charge in [-0.25, -0.2) is 0 Å². The summed E-state index contributed by atoms with van der Waals surface area (Å²) in [6.07, 6.45) is 4.24. The van der Waals surface area contributed by atoms with Crippen molar-refractivity contribution in [3.05, 3.63) is 30.3 Å². The Morgan fingerprint density at radius 1 is 1.00 bits per heavy atom. The lowest BCUT2D eigenvalue weighted by atomic mass is 10.2. The lowest BCUT2D eigenvalue weighted by Crippen LogP contribution is -2.22. The van der Waals surface area contributed by atoms with Crippen LogP contribution in [0.1, 0.15) is 25.7 Å². The van der Waals surface area contributed by atoms with Crippen LogP contribution in [0.15, 0.2) is 30.3 Å². The molecule has 102 valence electrons. The first kappa shape index (κ1) is 15.0. The zero-order valence-electron chi connectivity index (χ0n) is 11.3. The van der Waals surface area contributed by atoms with Gasteiger partial charge in [0.1, 0.15) is 5.75 Å². The Kier molecular flexibility index (Phi) is 8.26. The van der Waals surface area contributed by atoms with Gasteiger partial charge in [0.15, 0.2) is 0 Å².